The van der Waals surface area contributed by atoms with Gasteiger partial charge in [0.05, 0.1) is 0 Å². The smallest absolute Gasteiger partial charge is 0.123 e. The van der Waals surface area contributed by atoms with Gasteiger partial charge in [-0.25, -0.2) is 4.39 Å². The summed E-state index contributed by atoms with van der Waals surface area (Å²) in [5.74, 6) is 0.567. The van der Waals surface area contributed by atoms with Crippen LogP contribution in [0.2, 0.25) is 0 Å². The zero-order valence-corrected chi connectivity index (χ0v) is 11.7. The number of rotatable bonds is 7. The number of benzene rings is 2. The van der Waals surface area contributed by atoms with E-state index >= 15 is 0 Å². The van der Waals surface area contributed by atoms with Crippen molar-refractivity contribution >= 4 is 0 Å². The van der Waals surface area contributed by atoms with Gasteiger partial charge in [-0.2, -0.15) is 0 Å². The van der Waals surface area contributed by atoms with Crippen LogP contribution >= 0.6 is 0 Å². The lowest BCUT2D eigenvalue weighted by Gasteiger charge is -2.08. The normalized spacial score (nSPS) is 10.5. The average molecular weight is 273 g/mol. The van der Waals surface area contributed by atoms with E-state index in [9.17, 15) is 4.39 Å². The van der Waals surface area contributed by atoms with E-state index in [4.69, 9.17) is 4.74 Å². The maximum absolute atomic E-state index is 13.0. The Bertz CT molecular complexity index is 525. The van der Waals surface area contributed by atoms with Crippen LogP contribution in [0.4, 0.5) is 4.39 Å². The molecule has 2 rings (SSSR count). The summed E-state index contributed by atoms with van der Waals surface area (Å²) in [4.78, 5) is 0. The monoisotopic (exact) mass is 273 g/mol. The largest absolute Gasteiger partial charge is 0.489 e. The van der Waals surface area contributed by atoms with E-state index in [0.717, 1.165) is 30.8 Å². The molecule has 0 atom stereocenters. The van der Waals surface area contributed by atoms with Crippen LogP contribution in [0.1, 0.15) is 24.5 Å². The fourth-order valence-corrected chi connectivity index (χ4v) is 1.91. The minimum absolute atomic E-state index is 0.233. The van der Waals surface area contributed by atoms with E-state index in [1.54, 1.807) is 6.07 Å². The predicted octanol–water partition coefficient (Wildman–Crippen LogP) is 3.90. The third kappa shape index (κ3) is 4.67. The molecule has 106 valence electrons. The zero-order valence-electron chi connectivity index (χ0n) is 11.7. The molecular formula is C17H20FNO. The lowest BCUT2D eigenvalue weighted by atomic mass is 10.2. The van der Waals surface area contributed by atoms with Gasteiger partial charge in [0, 0.05) is 6.54 Å². The van der Waals surface area contributed by atoms with Crippen LogP contribution in [0, 0.1) is 5.82 Å². The van der Waals surface area contributed by atoms with Gasteiger partial charge in [-0.1, -0.05) is 31.2 Å². The molecule has 0 aliphatic rings. The fraction of sp³-hybridized carbons (Fsp3) is 0.294. The highest BCUT2D eigenvalue weighted by Gasteiger charge is 1.98. The molecule has 0 aliphatic carbocycles. The Morgan fingerprint density at radius 3 is 2.55 bits per heavy atom. The first kappa shape index (κ1) is 14.5. The van der Waals surface area contributed by atoms with Crippen molar-refractivity contribution in [1.82, 2.24) is 5.32 Å². The minimum atomic E-state index is -0.233. The van der Waals surface area contributed by atoms with E-state index in [2.05, 4.69) is 12.2 Å². The predicted molar refractivity (Wildman–Crippen MR) is 79.2 cm³/mol. The highest BCUT2D eigenvalue weighted by atomic mass is 19.1. The molecule has 0 unspecified atom stereocenters. The Kier molecular flexibility index (Phi) is 5.56. The van der Waals surface area contributed by atoms with Gasteiger partial charge >= 0.3 is 0 Å². The first-order chi connectivity index (χ1) is 9.78. The number of nitrogens with one attached hydrogen (secondary N) is 1. The molecule has 0 fully saturated rings. The van der Waals surface area contributed by atoms with Gasteiger partial charge in [0.25, 0.3) is 0 Å². The third-order valence-electron chi connectivity index (χ3n) is 2.97. The summed E-state index contributed by atoms with van der Waals surface area (Å²) < 4.78 is 18.7. The summed E-state index contributed by atoms with van der Waals surface area (Å²) in [6.45, 7) is 4.43. The van der Waals surface area contributed by atoms with Crippen LogP contribution in [0.5, 0.6) is 5.75 Å². The van der Waals surface area contributed by atoms with Crippen molar-refractivity contribution in [3.63, 3.8) is 0 Å². The van der Waals surface area contributed by atoms with E-state index in [1.807, 2.05) is 30.3 Å². The van der Waals surface area contributed by atoms with Crippen molar-refractivity contribution in [2.45, 2.75) is 26.5 Å². The lowest BCUT2D eigenvalue weighted by molar-refractivity contribution is 0.305. The molecule has 0 aromatic heterocycles. The molecule has 20 heavy (non-hydrogen) atoms. The molecule has 0 aliphatic heterocycles. The second-order valence-electron chi connectivity index (χ2n) is 4.74. The molecule has 1 N–H and O–H groups in total. The van der Waals surface area contributed by atoms with Crippen LogP contribution in [0.25, 0.3) is 0 Å². The third-order valence-corrected chi connectivity index (χ3v) is 2.97. The number of hydrogen-bond acceptors (Lipinski definition) is 2. The first-order valence-electron chi connectivity index (χ1n) is 6.95. The molecule has 0 spiro atoms. The number of ether oxygens (including phenoxy) is 1. The Hall–Kier alpha value is -1.87. The second-order valence-corrected chi connectivity index (χ2v) is 4.74. The van der Waals surface area contributed by atoms with Gasteiger partial charge in [0.1, 0.15) is 18.2 Å². The van der Waals surface area contributed by atoms with E-state index in [1.165, 1.54) is 17.7 Å². The quantitative estimate of drug-likeness (QED) is 0.772. The molecular weight excluding hydrogens is 253 g/mol. The van der Waals surface area contributed by atoms with Crippen molar-refractivity contribution in [3.05, 3.63) is 65.5 Å². The van der Waals surface area contributed by atoms with Crippen molar-refractivity contribution in [2.75, 3.05) is 6.54 Å². The fourth-order valence-electron chi connectivity index (χ4n) is 1.91. The molecule has 0 saturated heterocycles. The molecule has 3 heteroatoms. The summed E-state index contributed by atoms with van der Waals surface area (Å²) in [6.07, 6.45) is 1.13. The molecule has 0 amide bonds. The summed E-state index contributed by atoms with van der Waals surface area (Å²) in [5.41, 5.74) is 2.07. The van der Waals surface area contributed by atoms with Crippen molar-refractivity contribution in [3.8, 4) is 5.75 Å². The van der Waals surface area contributed by atoms with Crippen LogP contribution < -0.4 is 10.1 Å². The van der Waals surface area contributed by atoms with Crippen LogP contribution in [0.15, 0.2) is 48.5 Å². The number of hydrogen-bond donors (Lipinski definition) is 1. The lowest BCUT2D eigenvalue weighted by Crippen LogP contribution is -2.13. The Labute approximate surface area is 119 Å². The number of halogens is 1. The topological polar surface area (TPSA) is 21.3 Å². The Morgan fingerprint density at radius 2 is 1.85 bits per heavy atom. The van der Waals surface area contributed by atoms with Crippen molar-refractivity contribution in [1.29, 1.82) is 0 Å². The molecule has 2 nitrogen and oxygen atoms in total. The van der Waals surface area contributed by atoms with Gasteiger partial charge in [0.15, 0.2) is 0 Å². The van der Waals surface area contributed by atoms with Gasteiger partial charge in [0.2, 0.25) is 0 Å². The van der Waals surface area contributed by atoms with Crippen molar-refractivity contribution in [2.24, 2.45) is 0 Å². The Morgan fingerprint density at radius 1 is 1.05 bits per heavy atom. The highest BCUT2D eigenvalue weighted by Crippen LogP contribution is 2.14. The molecule has 2 aromatic rings. The first-order valence-corrected chi connectivity index (χ1v) is 6.95. The average Bonchev–Trinajstić information content (AvgIpc) is 2.47. The summed E-state index contributed by atoms with van der Waals surface area (Å²) in [6, 6.07) is 14.4. The summed E-state index contributed by atoms with van der Waals surface area (Å²) in [7, 11) is 0. The summed E-state index contributed by atoms with van der Waals surface area (Å²) in [5, 5.41) is 3.35. The van der Waals surface area contributed by atoms with E-state index in [0.29, 0.717) is 6.61 Å². The van der Waals surface area contributed by atoms with Crippen LogP contribution in [-0.4, -0.2) is 6.54 Å². The maximum atomic E-state index is 13.0. The Balaban J connectivity index is 1.84. The van der Waals surface area contributed by atoms with Gasteiger partial charge < -0.3 is 10.1 Å². The van der Waals surface area contributed by atoms with Crippen LogP contribution in [-0.2, 0) is 13.2 Å². The summed E-state index contributed by atoms with van der Waals surface area (Å²) >= 11 is 0. The maximum Gasteiger partial charge on any atom is 0.123 e. The molecule has 0 saturated carbocycles. The molecule has 0 bridgehead atoms. The van der Waals surface area contributed by atoms with E-state index in [-0.39, 0.29) is 5.82 Å². The van der Waals surface area contributed by atoms with Gasteiger partial charge in [-0.15, -0.1) is 0 Å². The molecule has 2 aromatic carbocycles. The highest BCUT2D eigenvalue weighted by molar-refractivity contribution is 5.27. The van der Waals surface area contributed by atoms with Crippen molar-refractivity contribution < 1.29 is 9.13 Å². The van der Waals surface area contributed by atoms with Crippen LogP contribution in [0.3, 0.4) is 0 Å². The van der Waals surface area contributed by atoms with Gasteiger partial charge in [-0.05, 0) is 48.4 Å². The standard InChI is InChI=1S/C17H20FNO/c1-2-10-19-12-14-6-8-17(9-7-14)20-13-15-4-3-5-16(18)11-15/h3-9,11,19H,2,10,12-13H2,1H3. The second kappa shape index (κ2) is 7.65. The van der Waals surface area contributed by atoms with E-state index < -0.39 is 0 Å². The van der Waals surface area contributed by atoms with Gasteiger partial charge in [-0.3, -0.25) is 0 Å². The zero-order chi connectivity index (χ0) is 14.2. The molecule has 0 heterocycles. The minimum Gasteiger partial charge on any atom is -0.489 e. The molecule has 0 radical (unpaired) electrons. The SMILES string of the molecule is CCCNCc1ccc(OCc2cccc(F)c2)cc1.